The second-order valence-electron chi connectivity index (χ2n) is 6.30. The van der Waals surface area contributed by atoms with E-state index in [1.807, 2.05) is 24.3 Å². The van der Waals surface area contributed by atoms with Gasteiger partial charge in [-0.25, -0.2) is 0 Å². The fourth-order valence-electron chi connectivity index (χ4n) is 2.73. The summed E-state index contributed by atoms with van der Waals surface area (Å²) >= 11 is 0. The average molecular weight is 448 g/mol. The number of aromatic nitrogens is 1. The molecule has 1 aromatic heterocycles. The molecule has 3 aromatic rings. The van der Waals surface area contributed by atoms with Crippen LogP contribution < -0.4 is 11.1 Å². The molecule has 132 valence electrons. The van der Waals surface area contributed by atoms with Crippen molar-refractivity contribution in [3.8, 4) is 0 Å². The highest BCUT2D eigenvalue weighted by atomic mass is 127. The van der Waals surface area contributed by atoms with Crippen LogP contribution in [0.15, 0.2) is 59.6 Å². The van der Waals surface area contributed by atoms with E-state index < -0.39 is 0 Å². The third kappa shape index (κ3) is 5.22. The molecule has 0 aliphatic carbocycles. The topological polar surface area (TPSA) is 66.2 Å². The van der Waals surface area contributed by atoms with Crippen LogP contribution in [0.25, 0.3) is 10.9 Å². The van der Waals surface area contributed by atoms with Crippen molar-refractivity contribution < 1.29 is 0 Å². The molecule has 0 aliphatic heterocycles. The Kier molecular flexibility index (Phi) is 6.87. The number of aromatic amines is 1. The van der Waals surface area contributed by atoms with Gasteiger partial charge in [0.25, 0.3) is 0 Å². The van der Waals surface area contributed by atoms with Crippen molar-refractivity contribution >= 4 is 46.5 Å². The van der Waals surface area contributed by atoms with E-state index in [2.05, 4.69) is 59.5 Å². The first-order valence-electron chi connectivity index (χ1n) is 8.35. The van der Waals surface area contributed by atoms with Gasteiger partial charge in [0.1, 0.15) is 0 Å². The number of aliphatic imine (C=N–C) groups is 1. The molecule has 5 heteroatoms. The number of fused-ring (bicyclic) bond motifs is 1. The second-order valence-corrected chi connectivity index (χ2v) is 6.30. The molecule has 4 N–H and O–H groups in total. The van der Waals surface area contributed by atoms with Gasteiger partial charge in [-0.3, -0.25) is 4.99 Å². The highest BCUT2D eigenvalue weighted by Crippen LogP contribution is 2.18. The van der Waals surface area contributed by atoms with Crippen molar-refractivity contribution in [2.75, 3.05) is 11.9 Å². The highest BCUT2D eigenvalue weighted by molar-refractivity contribution is 14.0. The second kappa shape index (κ2) is 8.89. The van der Waals surface area contributed by atoms with Gasteiger partial charge in [-0.2, -0.15) is 0 Å². The maximum Gasteiger partial charge on any atom is 0.193 e. The molecule has 0 radical (unpaired) electrons. The summed E-state index contributed by atoms with van der Waals surface area (Å²) in [6.07, 6.45) is 0.836. The first-order valence-corrected chi connectivity index (χ1v) is 8.35. The number of nitrogens with zero attached hydrogens (tertiary/aromatic N) is 1. The standard InChI is InChI=1S/C20H24N4.HI/c1-14(2)15-7-5-8-17(12-15)24-20(21)22-11-10-18-13-16-6-3-4-9-19(16)23-18;/h3-9,12-14,23H,10-11H2,1-2H3,(H3,21,22,24);1H. The molecule has 0 saturated carbocycles. The monoisotopic (exact) mass is 448 g/mol. The van der Waals surface area contributed by atoms with Gasteiger partial charge < -0.3 is 16.0 Å². The smallest absolute Gasteiger partial charge is 0.193 e. The third-order valence-corrected chi connectivity index (χ3v) is 4.07. The molecule has 25 heavy (non-hydrogen) atoms. The number of halogens is 1. The first-order chi connectivity index (χ1) is 11.6. The van der Waals surface area contributed by atoms with Gasteiger partial charge in [-0.1, -0.05) is 44.2 Å². The van der Waals surface area contributed by atoms with E-state index in [1.165, 1.54) is 16.6 Å². The Bertz CT molecular complexity index is 819. The minimum atomic E-state index is 0. The SMILES string of the molecule is CC(C)c1cccc(NC(N)=NCCc2cc3ccccc3[nH]2)c1.I. The number of para-hydroxylation sites is 1. The van der Waals surface area contributed by atoms with Crippen molar-refractivity contribution in [1.29, 1.82) is 0 Å². The fourth-order valence-corrected chi connectivity index (χ4v) is 2.73. The molecule has 1 heterocycles. The van der Waals surface area contributed by atoms with E-state index in [9.17, 15) is 0 Å². The Morgan fingerprint density at radius 1 is 1.12 bits per heavy atom. The number of anilines is 1. The molecular formula is C20H25IN4. The zero-order valence-corrected chi connectivity index (χ0v) is 17.0. The average Bonchev–Trinajstić information content (AvgIpc) is 2.97. The van der Waals surface area contributed by atoms with Gasteiger partial charge in [-0.15, -0.1) is 24.0 Å². The van der Waals surface area contributed by atoms with Gasteiger partial charge >= 0.3 is 0 Å². The molecule has 0 fully saturated rings. The summed E-state index contributed by atoms with van der Waals surface area (Å²) in [5.41, 5.74) is 10.6. The van der Waals surface area contributed by atoms with Crippen LogP contribution in [0.3, 0.4) is 0 Å². The zero-order chi connectivity index (χ0) is 16.9. The van der Waals surface area contributed by atoms with Crippen molar-refractivity contribution in [1.82, 2.24) is 4.98 Å². The summed E-state index contributed by atoms with van der Waals surface area (Å²) in [5, 5.41) is 4.40. The molecule has 0 amide bonds. The number of hydrogen-bond donors (Lipinski definition) is 3. The Balaban J connectivity index is 0.00000225. The van der Waals surface area contributed by atoms with Crippen LogP contribution >= 0.6 is 24.0 Å². The molecule has 0 unspecified atom stereocenters. The highest BCUT2D eigenvalue weighted by Gasteiger charge is 2.02. The largest absolute Gasteiger partial charge is 0.370 e. The van der Waals surface area contributed by atoms with Crippen molar-refractivity contribution in [2.45, 2.75) is 26.2 Å². The van der Waals surface area contributed by atoms with Crippen molar-refractivity contribution in [2.24, 2.45) is 10.7 Å². The molecule has 0 saturated heterocycles. The van der Waals surface area contributed by atoms with Crippen LogP contribution in [0.5, 0.6) is 0 Å². The lowest BCUT2D eigenvalue weighted by Crippen LogP contribution is -2.23. The Hall–Kier alpha value is -2.02. The number of benzene rings is 2. The van der Waals surface area contributed by atoms with E-state index in [1.54, 1.807) is 0 Å². The first kappa shape index (κ1) is 19.3. The lowest BCUT2D eigenvalue weighted by molar-refractivity contribution is 0.867. The lowest BCUT2D eigenvalue weighted by Gasteiger charge is -2.09. The molecule has 2 aromatic carbocycles. The van der Waals surface area contributed by atoms with Gasteiger partial charge in [-0.05, 0) is 41.1 Å². The maximum atomic E-state index is 6.00. The minimum Gasteiger partial charge on any atom is -0.370 e. The summed E-state index contributed by atoms with van der Waals surface area (Å²) in [4.78, 5) is 7.83. The van der Waals surface area contributed by atoms with Gasteiger partial charge in [0.15, 0.2) is 5.96 Å². The van der Waals surface area contributed by atoms with E-state index in [4.69, 9.17) is 5.73 Å². The van der Waals surface area contributed by atoms with Crippen molar-refractivity contribution in [3.63, 3.8) is 0 Å². The summed E-state index contributed by atoms with van der Waals surface area (Å²) in [6, 6.07) is 18.7. The predicted octanol–water partition coefficient (Wildman–Crippen LogP) is 4.88. The van der Waals surface area contributed by atoms with Gasteiger partial charge in [0.05, 0.1) is 0 Å². The molecule has 0 atom stereocenters. The van der Waals surface area contributed by atoms with Crippen LogP contribution in [-0.2, 0) is 6.42 Å². The molecule has 0 bridgehead atoms. The summed E-state index contributed by atoms with van der Waals surface area (Å²) in [5.74, 6) is 0.943. The van der Waals surface area contributed by atoms with Crippen LogP contribution in [0.1, 0.15) is 31.0 Å². The normalized spacial score (nSPS) is 11.6. The Morgan fingerprint density at radius 2 is 1.92 bits per heavy atom. The van der Waals surface area contributed by atoms with E-state index >= 15 is 0 Å². The number of nitrogens with one attached hydrogen (secondary N) is 2. The van der Waals surface area contributed by atoms with Crippen molar-refractivity contribution in [3.05, 3.63) is 65.9 Å². The molecule has 3 rings (SSSR count). The predicted molar refractivity (Wildman–Crippen MR) is 118 cm³/mol. The quantitative estimate of drug-likeness (QED) is 0.296. The van der Waals surface area contributed by atoms with Gasteiger partial charge in [0.2, 0.25) is 0 Å². The lowest BCUT2D eigenvalue weighted by atomic mass is 10.0. The summed E-state index contributed by atoms with van der Waals surface area (Å²) in [6.45, 7) is 5.00. The van der Waals surface area contributed by atoms with E-state index in [-0.39, 0.29) is 24.0 Å². The minimum absolute atomic E-state index is 0. The van der Waals surface area contributed by atoms with E-state index in [0.717, 1.165) is 17.6 Å². The molecular weight excluding hydrogens is 423 g/mol. The molecule has 0 aliphatic rings. The van der Waals surface area contributed by atoms with Crippen LogP contribution in [0.4, 0.5) is 5.69 Å². The summed E-state index contributed by atoms with van der Waals surface area (Å²) in [7, 11) is 0. The molecule has 4 nitrogen and oxygen atoms in total. The zero-order valence-electron chi connectivity index (χ0n) is 14.6. The Labute approximate surface area is 165 Å². The Morgan fingerprint density at radius 3 is 2.68 bits per heavy atom. The third-order valence-electron chi connectivity index (χ3n) is 4.07. The number of guanidine groups is 1. The summed E-state index contributed by atoms with van der Waals surface area (Å²) < 4.78 is 0. The van der Waals surface area contributed by atoms with E-state index in [0.29, 0.717) is 18.4 Å². The van der Waals surface area contributed by atoms with Crippen LogP contribution in [0, 0.1) is 0 Å². The number of H-pyrrole nitrogens is 1. The van der Waals surface area contributed by atoms with Crippen LogP contribution in [-0.4, -0.2) is 17.5 Å². The number of nitrogens with two attached hydrogens (primary N) is 1. The van der Waals surface area contributed by atoms with Crippen LogP contribution in [0.2, 0.25) is 0 Å². The fraction of sp³-hybridized carbons (Fsp3) is 0.250. The maximum absolute atomic E-state index is 6.00. The molecule has 0 spiro atoms. The number of hydrogen-bond acceptors (Lipinski definition) is 1. The van der Waals surface area contributed by atoms with Gasteiger partial charge in [0, 0.05) is 29.9 Å². The number of rotatable bonds is 5.